The molecule has 0 amide bonds. The zero-order valence-electron chi connectivity index (χ0n) is 26.3. The summed E-state index contributed by atoms with van der Waals surface area (Å²) in [7, 11) is 0. The fourth-order valence-corrected chi connectivity index (χ4v) is 6.32. The molecule has 51 heavy (non-hydrogen) atoms. The van der Waals surface area contributed by atoms with Crippen LogP contribution in [0.3, 0.4) is 0 Å². The molecule has 0 N–H and O–H groups in total. The van der Waals surface area contributed by atoms with E-state index in [-0.39, 0.29) is 5.56 Å². The van der Waals surface area contributed by atoms with Crippen molar-refractivity contribution in [1.29, 1.82) is 5.26 Å². The predicted molar refractivity (Wildman–Crippen MR) is 191 cm³/mol. The summed E-state index contributed by atoms with van der Waals surface area (Å²) in [6.07, 6.45) is 0. The highest BCUT2D eigenvalue weighted by Gasteiger charge is 2.22. The van der Waals surface area contributed by atoms with Crippen molar-refractivity contribution in [2.45, 2.75) is 0 Å². The van der Waals surface area contributed by atoms with Crippen LogP contribution in [-0.2, 0) is 0 Å². The number of hydrogen-bond acceptors (Lipinski definition) is 4. The Hall–Kier alpha value is -7.41. The smallest absolute Gasteiger partial charge is 0.194 e. The van der Waals surface area contributed by atoms with E-state index in [4.69, 9.17) is 28.1 Å². The second-order valence-electron chi connectivity index (χ2n) is 11.7. The van der Waals surface area contributed by atoms with Gasteiger partial charge in [0.15, 0.2) is 28.8 Å². The first-order chi connectivity index (χ1) is 24.9. The molecule has 0 radical (unpaired) electrons. The standard InChI is InChI=1S/C42H19F3N6/c1-47-29-14-10-23(11-15-29)40-41(24-12-16-30(48-2)17-13-24)51-42-35(50-40)21-28(22-46)36-31-8-3-4-9-34(31)49-39(37(36)42)26-7-5-6-25(18-26)27-19-32(43)38(45)33(44)20-27/h3-21H. The zero-order valence-corrected chi connectivity index (χ0v) is 26.3. The van der Waals surface area contributed by atoms with Gasteiger partial charge in [-0.2, -0.15) is 5.26 Å². The van der Waals surface area contributed by atoms with Crippen molar-refractivity contribution in [1.82, 2.24) is 15.0 Å². The topological polar surface area (TPSA) is 71.2 Å². The maximum atomic E-state index is 14.3. The number of halogens is 3. The third kappa shape index (κ3) is 5.25. The number of benzene rings is 6. The number of rotatable bonds is 4. The lowest BCUT2D eigenvalue weighted by molar-refractivity contribution is 0.448. The van der Waals surface area contributed by atoms with Crippen molar-refractivity contribution < 1.29 is 13.2 Å². The van der Waals surface area contributed by atoms with Crippen molar-refractivity contribution in [3.8, 4) is 51.0 Å². The van der Waals surface area contributed by atoms with Crippen LogP contribution < -0.4 is 0 Å². The molecule has 2 aromatic heterocycles. The van der Waals surface area contributed by atoms with Crippen LogP contribution in [0.2, 0.25) is 0 Å². The van der Waals surface area contributed by atoms with Gasteiger partial charge < -0.3 is 0 Å². The van der Waals surface area contributed by atoms with Crippen LogP contribution in [0.25, 0.3) is 87.3 Å². The molecule has 0 fully saturated rings. The summed E-state index contributed by atoms with van der Waals surface area (Å²) in [4.78, 5) is 22.4. The molecule has 0 spiro atoms. The number of aromatic nitrogens is 3. The first kappa shape index (κ1) is 30.9. The second kappa shape index (κ2) is 12.2. The third-order valence-corrected chi connectivity index (χ3v) is 8.72. The molecule has 8 rings (SSSR count). The number of nitrogens with zero attached hydrogens (tertiary/aromatic N) is 6. The molecule has 0 unspecified atom stereocenters. The van der Waals surface area contributed by atoms with Gasteiger partial charge in [0.2, 0.25) is 0 Å². The Labute approximate surface area is 289 Å². The molecule has 0 atom stereocenters. The Morgan fingerprint density at radius 1 is 0.529 bits per heavy atom. The largest absolute Gasteiger partial charge is 0.247 e. The Balaban J connectivity index is 1.49. The fourth-order valence-electron chi connectivity index (χ4n) is 6.32. The number of pyridine rings is 1. The minimum absolute atomic E-state index is 0.139. The van der Waals surface area contributed by atoms with E-state index in [1.165, 1.54) is 0 Å². The van der Waals surface area contributed by atoms with Gasteiger partial charge in [-0.15, -0.1) is 0 Å². The number of nitriles is 1. The average molecular weight is 665 g/mol. The van der Waals surface area contributed by atoms with Crippen LogP contribution in [0.15, 0.2) is 115 Å². The zero-order chi connectivity index (χ0) is 35.2. The Bertz CT molecular complexity index is 2840. The van der Waals surface area contributed by atoms with Crippen LogP contribution in [-0.4, -0.2) is 15.0 Å². The highest BCUT2D eigenvalue weighted by Crippen LogP contribution is 2.42. The fraction of sp³-hybridized carbons (Fsp3) is 0. The average Bonchev–Trinajstić information content (AvgIpc) is 3.18. The van der Waals surface area contributed by atoms with Crippen molar-refractivity contribution in [3.63, 3.8) is 0 Å². The van der Waals surface area contributed by atoms with E-state index >= 15 is 0 Å². The summed E-state index contributed by atoms with van der Waals surface area (Å²) in [5.74, 6) is -4.16. The van der Waals surface area contributed by atoms with E-state index < -0.39 is 17.5 Å². The lowest BCUT2D eigenvalue weighted by Gasteiger charge is -2.16. The van der Waals surface area contributed by atoms with Crippen molar-refractivity contribution in [2.75, 3.05) is 0 Å². The molecule has 0 aliphatic carbocycles. The van der Waals surface area contributed by atoms with E-state index in [9.17, 15) is 18.4 Å². The van der Waals surface area contributed by atoms with E-state index in [1.54, 1.807) is 78.9 Å². The van der Waals surface area contributed by atoms with Crippen molar-refractivity contribution >= 4 is 44.1 Å². The van der Waals surface area contributed by atoms with Gasteiger partial charge in [0.25, 0.3) is 0 Å². The van der Waals surface area contributed by atoms with Crippen molar-refractivity contribution in [3.05, 3.63) is 161 Å². The summed E-state index contributed by atoms with van der Waals surface area (Å²) in [5, 5.41) is 12.4. The number of hydrogen-bond donors (Lipinski definition) is 0. The van der Waals surface area contributed by atoms with Gasteiger partial charge in [0, 0.05) is 21.7 Å². The first-order valence-electron chi connectivity index (χ1n) is 15.6. The Morgan fingerprint density at radius 3 is 1.75 bits per heavy atom. The summed E-state index contributed by atoms with van der Waals surface area (Å²) in [5.41, 5.74) is 6.72. The van der Waals surface area contributed by atoms with Crippen LogP contribution >= 0.6 is 0 Å². The van der Waals surface area contributed by atoms with E-state index in [0.29, 0.717) is 83.6 Å². The molecule has 238 valence electrons. The SMILES string of the molecule is [C-]#[N+]c1ccc(-c2nc3cc(C#N)c4c5ccccc5nc(-c5cccc(-c6cc(F)c(F)c(F)c6)c5)c4c3nc2-c2ccc([N+]#[C-])cc2)cc1. The highest BCUT2D eigenvalue weighted by molar-refractivity contribution is 6.22. The molecule has 6 nitrogen and oxygen atoms in total. The third-order valence-electron chi connectivity index (χ3n) is 8.72. The molecule has 9 heteroatoms. The van der Waals surface area contributed by atoms with Gasteiger partial charge in [-0.05, 0) is 52.6 Å². The summed E-state index contributed by atoms with van der Waals surface area (Å²) < 4.78 is 42.5. The van der Waals surface area contributed by atoms with Gasteiger partial charge in [-0.3, -0.25) is 0 Å². The van der Waals surface area contributed by atoms with Gasteiger partial charge in [0.05, 0.1) is 58.4 Å². The van der Waals surface area contributed by atoms with Crippen LogP contribution in [0, 0.1) is 41.9 Å². The van der Waals surface area contributed by atoms with E-state index in [1.807, 2.05) is 24.3 Å². The molecular formula is C42H19F3N6. The minimum Gasteiger partial charge on any atom is -0.247 e. The summed E-state index contributed by atoms with van der Waals surface area (Å²) in [6, 6.07) is 34.2. The monoisotopic (exact) mass is 664 g/mol. The van der Waals surface area contributed by atoms with Crippen LogP contribution in [0.4, 0.5) is 24.5 Å². The molecule has 8 aromatic rings. The first-order valence-corrected chi connectivity index (χ1v) is 15.6. The number of para-hydroxylation sites is 1. The molecule has 6 aromatic carbocycles. The maximum Gasteiger partial charge on any atom is 0.194 e. The molecule has 0 aliphatic heterocycles. The maximum absolute atomic E-state index is 14.3. The molecule has 0 saturated carbocycles. The Kier molecular flexibility index (Phi) is 7.41. The summed E-state index contributed by atoms with van der Waals surface area (Å²) >= 11 is 0. The highest BCUT2D eigenvalue weighted by atomic mass is 19.2. The molecule has 0 bridgehead atoms. The predicted octanol–water partition coefficient (Wildman–Crippen LogP) is 11.4. The molecule has 0 saturated heterocycles. The minimum atomic E-state index is -1.55. The van der Waals surface area contributed by atoms with E-state index in [0.717, 1.165) is 17.5 Å². The quantitative estimate of drug-likeness (QED) is 0.107. The van der Waals surface area contributed by atoms with Gasteiger partial charge in [-0.1, -0.05) is 84.9 Å². The lowest BCUT2D eigenvalue weighted by atomic mass is 9.93. The number of fused-ring (bicyclic) bond motifs is 5. The summed E-state index contributed by atoms with van der Waals surface area (Å²) in [6.45, 7) is 14.8. The van der Waals surface area contributed by atoms with Crippen LogP contribution in [0.1, 0.15) is 5.56 Å². The van der Waals surface area contributed by atoms with Crippen LogP contribution in [0.5, 0.6) is 0 Å². The van der Waals surface area contributed by atoms with Gasteiger partial charge in [-0.25, -0.2) is 37.8 Å². The lowest BCUT2D eigenvalue weighted by Crippen LogP contribution is -2.00. The molecule has 2 heterocycles. The Morgan fingerprint density at radius 2 is 1.12 bits per heavy atom. The van der Waals surface area contributed by atoms with Gasteiger partial charge in [0.1, 0.15) is 0 Å². The van der Waals surface area contributed by atoms with Gasteiger partial charge >= 0.3 is 0 Å². The van der Waals surface area contributed by atoms with Crippen molar-refractivity contribution in [2.24, 2.45) is 0 Å². The molecular weight excluding hydrogens is 645 g/mol. The van der Waals surface area contributed by atoms with E-state index in [2.05, 4.69) is 15.8 Å². The normalized spacial score (nSPS) is 11.0. The molecule has 0 aliphatic rings. The second-order valence-corrected chi connectivity index (χ2v) is 11.7.